The molecule has 3 aromatic rings. The van der Waals surface area contributed by atoms with Gasteiger partial charge in [-0.25, -0.2) is 0 Å². The number of carbonyl (C=O) groups is 2. The Morgan fingerprint density at radius 3 is 2.45 bits per heavy atom. The van der Waals surface area contributed by atoms with E-state index in [0.717, 1.165) is 13.0 Å². The summed E-state index contributed by atoms with van der Waals surface area (Å²) in [6.07, 6.45) is 2.93. The minimum Gasteiger partial charge on any atom is -0.378 e. The van der Waals surface area contributed by atoms with Crippen LogP contribution in [-0.4, -0.2) is 54.1 Å². The molecule has 0 saturated carbocycles. The molecule has 0 bridgehead atoms. The fraction of sp³-hybridized carbons (Fsp3) is 0.304. The van der Waals surface area contributed by atoms with Crippen molar-refractivity contribution >= 4 is 22.7 Å². The third-order valence-corrected chi connectivity index (χ3v) is 5.23. The van der Waals surface area contributed by atoms with Gasteiger partial charge in [0.15, 0.2) is 0 Å². The van der Waals surface area contributed by atoms with Crippen molar-refractivity contribution in [2.24, 2.45) is 0 Å². The van der Waals surface area contributed by atoms with Gasteiger partial charge >= 0.3 is 0 Å². The van der Waals surface area contributed by atoms with E-state index >= 15 is 0 Å². The van der Waals surface area contributed by atoms with Gasteiger partial charge in [0.2, 0.25) is 0 Å². The summed E-state index contributed by atoms with van der Waals surface area (Å²) in [5, 5.41) is 4.18. The monoisotopic (exact) mass is 391 g/mol. The number of aromatic nitrogens is 1. The first-order valence-corrected chi connectivity index (χ1v) is 10.0. The van der Waals surface area contributed by atoms with E-state index in [0.29, 0.717) is 44.0 Å². The Morgan fingerprint density at radius 2 is 1.66 bits per heavy atom. The molecule has 6 heteroatoms. The van der Waals surface area contributed by atoms with E-state index in [2.05, 4.69) is 34.3 Å². The summed E-state index contributed by atoms with van der Waals surface area (Å²) in [6.45, 7) is 3.81. The normalized spacial score (nSPS) is 14.1. The summed E-state index contributed by atoms with van der Waals surface area (Å²) in [7, 11) is 0. The molecule has 1 fully saturated rings. The predicted molar refractivity (Wildman–Crippen MR) is 112 cm³/mol. The predicted octanol–water partition coefficient (Wildman–Crippen LogP) is 2.93. The summed E-state index contributed by atoms with van der Waals surface area (Å²) in [6, 6.07) is 17.2. The average Bonchev–Trinajstić information content (AvgIpc) is 3.20. The highest BCUT2D eigenvalue weighted by molar-refractivity contribution is 5.97. The van der Waals surface area contributed by atoms with E-state index in [1.807, 2.05) is 12.1 Å². The lowest BCUT2D eigenvalue weighted by molar-refractivity contribution is 0.0303. The largest absolute Gasteiger partial charge is 0.378 e. The second-order valence-corrected chi connectivity index (χ2v) is 7.16. The van der Waals surface area contributed by atoms with Gasteiger partial charge in [0.1, 0.15) is 0 Å². The Kier molecular flexibility index (Phi) is 5.91. The number of morpholine rings is 1. The molecule has 0 unspecified atom stereocenters. The second kappa shape index (κ2) is 8.92. The number of fused-ring (bicyclic) bond motifs is 1. The molecule has 1 aliphatic heterocycles. The Morgan fingerprint density at radius 1 is 0.931 bits per heavy atom. The third kappa shape index (κ3) is 4.49. The molecule has 0 aliphatic carbocycles. The van der Waals surface area contributed by atoms with Crippen LogP contribution in [0.3, 0.4) is 0 Å². The van der Waals surface area contributed by atoms with E-state index < -0.39 is 0 Å². The van der Waals surface area contributed by atoms with Gasteiger partial charge in [0.05, 0.1) is 13.2 Å². The second-order valence-electron chi connectivity index (χ2n) is 7.16. The number of amides is 2. The van der Waals surface area contributed by atoms with Crippen molar-refractivity contribution in [2.45, 2.75) is 13.0 Å². The van der Waals surface area contributed by atoms with Crippen molar-refractivity contribution in [2.75, 3.05) is 32.8 Å². The number of aryl methyl sites for hydroxylation is 1. The van der Waals surface area contributed by atoms with Crippen LogP contribution in [0.4, 0.5) is 0 Å². The highest BCUT2D eigenvalue weighted by atomic mass is 16.5. The van der Waals surface area contributed by atoms with Gasteiger partial charge in [-0.2, -0.15) is 0 Å². The van der Waals surface area contributed by atoms with Crippen molar-refractivity contribution in [3.63, 3.8) is 0 Å². The molecule has 0 atom stereocenters. The average molecular weight is 391 g/mol. The summed E-state index contributed by atoms with van der Waals surface area (Å²) < 4.78 is 7.48. The van der Waals surface area contributed by atoms with E-state index in [1.165, 1.54) is 10.9 Å². The van der Waals surface area contributed by atoms with Crippen LogP contribution >= 0.6 is 0 Å². The lowest BCUT2D eigenvalue weighted by Crippen LogP contribution is -2.40. The van der Waals surface area contributed by atoms with Gasteiger partial charge in [-0.05, 0) is 48.2 Å². The molecule has 2 amide bonds. The standard InChI is InChI=1S/C23H25N3O3/c27-22(24-11-3-12-25-13-10-18-4-1-2-5-21(18)25)19-6-8-20(9-7-19)23(28)26-14-16-29-17-15-26/h1-2,4-10,13H,3,11-12,14-17H2,(H,24,27). The maximum Gasteiger partial charge on any atom is 0.254 e. The topological polar surface area (TPSA) is 63.6 Å². The third-order valence-electron chi connectivity index (χ3n) is 5.23. The molecule has 1 aliphatic rings. The molecule has 0 radical (unpaired) electrons. The first-order valence-electron chi connectivity index (χ1n) is 10.0. The van der Waals surface area contributed by atoms with Gasteiger partial charge in [0.25, 0.3) is 11.8 Å². The molecule has 29 heavy (non-hydrogen) atoms. The zero-order valence-corrected chi connectivity index (χ0v) is 16.3. The lowest BCUT2D eigenvalue weighted by Gasteiger charge is -2.26. The van der Waals surface area contributed by atoms with Crippen LogP contribution in [0.2, 0.25) is 0 Å². The number of hydrogen-bond donors (Lipinski definition) is 1. The number of benzene rings is 2. The highest BCUT2D eigenvalue weighted by Crippen LogP contribution is 2.15. The van der Waals surface area contributed by atoms with Crippen LogP contribution < -0.4 is 5.32 Å². The van der Waals surface area contributed by atoms with Crippen molar-refractivity contribution in [3.8, 4) is 0 Å². The number of ether oxygens (including phenoxy) is 1. The summed E-state index contributed by atoms with van der Waals surface area (Å²) in [5.41, 5.74) is 2.37. The quantitative estimate of drug-likeness (QED) is 0.657. The van der Waals surface area contributed by atoms with E-state index in [1.54, 1.807) is 29.2 Å². The summed E-state index contributed by atoms with van der Waals surface area (Å²) >= 11 is 0. The maximum absolute atomic E-state index is 12.5. The first kappa shape index (κ1) is 19.2. The Bertz CT molecular complexity index is 988. The molecule has 6 nitrogen and oxygen atoms in total. The van der Waals surface area contributed by atoms with Crippen LogP contribution in [0.1, 0.15) is 27.1 Å². The number of hydrogen-bond acceptors (Lipinski definition) is 3. The fourth-order valence-electron chi connectivity index (χ4n) is 3.60. The van der Waals surface area contributed by atoms with E-state index in [9.17, 15) is 9.59 Å². The number of rotatable bonds is 6. The molecule has 150 valence electrons. The van der Waals surface area contributed by atoms with Crippen molar-refractivity contribution in [1.29, 1.82) is 0 Å². The lowest BCUT2D eigenvalue weighted by atomic mass is 10.1. The fourth-order valence-corrected chi connectivity index (χ4v) is 3.60. The van der Waals surface area contributed by atoms with Gasteiger partial charge in [-0.15, -0.1) is 0 Å². The van der Waals surface area contributed by atoms with E-state index in [4.69, 9.17) is 4.74 Å². The van der Waals surface area contributed by atoms with Crippen molar-refractivity contribution in [3.05, 3.63) is 71.9 Å². The Hall–Kier alpha value is -3.12. The number of para-hydroxylation sites is 1. The van der Waals surface area contributed by atoms with Gasteiger partial charge in [-0.1, -0.05) is 18.2 Å². The van der Waals surface area contributed by atoms with E-state index in [-0.39, 0.29) is 11.8 Å². The summed E-state index contributed by atoms with van der Waals surface area (Å²) in [4.78, 5) is 26.6. The molecule has 1 N–H and O–H groups in total. The van der Waals surface area contributed by atoms with Crippen LogP contribution in [-0.2, 0) is 11.3 Å². The molecule has 2 heterocycles. The molecule has 2 aromatic carbocycles. The zero-order chi connectivity index (χ0) is 20.1. The molecule has 4 rings (SSSR count). The van der Waals surface area contributed by atoms with Crippen molar-refractivity contribution < 1.29 is 14.3 Å². The minimum atomic E-state index is -0.118. The minimum absolute atomic E-state index is 0.0146. The van der Waals surface area contributed by atoms with Crippen LogP contribution in [0.5, 0.6) is 0 Å². The van der Waals surface area contributed by atoms with Gasteiger partial charge in [-0.3, -0.25) is 9.59 Å². The molecular formula is C23H25N3O3. The summed E-state index contributed by atoms with van der Waals surface area (Å²) in [5.74, 6) is -0.132. The van der Waals surface area contributed by atoms with Gasteiger partial charge in [0, 0.05) is 49.0 Å². The molecular weight excluding hydrogens is 366 g/mol. The Labute approximate surface area is 170 Å². The highest BCUT2D eigenvalue weighted by Gasteiger charge is 2.18. The molecule has 1 aromatic heterocycles. The Balaban J connectivity index is 1.27. The SMILES string of the molecule is O=C(NCCCn1ccc2ccccc21)c1ccc(C(=O)N2CCOCC2)cc1. The number of nitrogens with zero attached hydrogens (tertiary/aromatic N) is 2. The maximum atomic E-state index is 12.5. The number of carbonyl (C=O) groups excluding carboxylic acids is 2. The molecule has 1 saturated heterocycles. The smallest absolute Gasteiger partial charge is 0.254 e. The molecule has 0 spiro atoms. The van der Waals surface area contributed by atoms with Gasteiger partial charge < -0.3 is 19.5 Å². The van der Waals surface area contributed by atoms with Crippen molar-refractivity contribution in [1.82, 2.24) is 14.8 Å². The first-order chi connectivity index (χ1) is 14.2. The van der Waals surface area contributed by atoms with Crippen LogP contribution in [0.15, 0.2) is 60.8 Å². The number of nitrogens with one attached hydrogen (secondary N) is 1. The zero-order valence-electron chi connectivity index (χ0n) is 16.3. The van der Waals surface area contributed by atoms with Crippen LogP contribution in [0.25, 0.3) is 10.9 Å². The van der Waals surface area contributed by atoms with Crippen LogP contribution in [0, 0.1) is 0 Å².